The summed E-state index contributed by atoms with van der Waals surface area (Å²) < 4.78 is 2.13. The zero-order valence-corrected chi connectivity index (χ0v) is 10.4. The van der Waals surface area contributed by atoms with E-state index in [0.29, 0.717) is 0 Å². The third kappa shape index (κ3) is 3.06. The molecule has 0 radical (unpaired) electrons. The van der Waals surface area contributed by atoms with Gasteiger partial charge >= 0.3 is 0 Å². The van der Waals surface area contributed by atoms with Crippen molar-refractivity contribution >= 4 is 0 Å². The Kier molecular flexibility index (Phi) is 4.33. The lowest BCUT2D eigenvalue weighted by Crippen LogP contribution is -2.26. The number of aromatic nitrogens is 2. The molecule has 1 rings (SSSR count). The van der Waals surface area contributed by atoms with Gasteiger partial charge in [0.05, 0.1) is 0 Å². The molecule has 0 bridgehead atoms. The minimum Gasteiger partial charge on any atom is -0.320 e. The SMILES string of the molecule is CCCn1nccc1C(C)(C)CCNC. The molecule has 0 unspecified atom stereocenters. The lowest BCUT2D eigenvalue weighted by molar-refractivity contribution is 0.416. The van der Waals surface area contributed by atoms with Crippen LogP contribution in [0.3, 0.4) is 0 Å². The summed E-state index contributed by atoms with van der Waals surface area (Å²) in [5.41, 5.74) is 1.55. The van der Waals surface area contributed by atoms with E-state index in [1.54, 1.807) is 0 Å². The Morgan fingerprint density at radius 3 is 2.80 bits per heavy atom. The predicted octanol–water partition coefficient (Wildman–Crippen LogP) is 2.18. The van der Waals surface area contributed by atoms with Crippen LogP contribution in [0.25, 0.3) is 0 Å². The Balaban J connectivity index is 2.78. The van der Waals surface area contributed by atoms with Crippen LogP contribution in [0, 0.1) is 0 Å². The van der Waals surface area contributed by atoms with Crippen molar-refractivity contribution in [1.29, 1.82) is 0 Å². The smallest absolute Gasteiger partial charge is 0.0492 e. The van der Waals surface area contributed by atoms with E-state index in [1.807, 2.05) is 13.2 Å². The van der Waals surface area contributed by atoms with Crippen molar-refractivity contribution in [2.75, 3.05) is 13.6 Å². The van der Waals surface area contributed by atoms with Gasteiger partial charge in [0.1, 0.15) is 0 Å². The maximum absolute atomic E-state index is 4.38. The van der Waals surface area contributed by atoms with Crippen LogP contribution in [0.1, 0.15) is 39.3 Å². The molecule has 0 atom stereocenters. The van der Waals surface area contributed by atoms with E-state index >= 15 is 0 Å². The monoisotopic (exact) mass is 209 g/mol. The number of hydrogen-bond donors (Lipinski definition) is 1. The van der Waals surface area contributed by atoms with Crippen LogP contribution in [-0.2, 0) is 12.0 Å². The number of rotatable bonds is 6. The van der Waals surface area contributed by atoms with Crippen LogP contribution in [-0.4, -0.2) is 23.4 Å². The van der Waals surface area contributed by atoms with Gasteiger partial charge in [-0.2, -0.15) is 5.10 Å². The average Bonchev–Trinajstić information content (AvgIpc) is 2.64. The summed E-state index contributed by atoms with van der Waals surface area (Å²) in [6.07, 6.45) is 4.18. The second kappa shape index (κ2) is 5.31. The van der Waals surface area contributed by atoms with Gasteiger partial charge in [0.2, 0.25) is 0 Å². The number of nitrogens with one attached hydrogen (secondary N) is 1. The lowest BCUT2D eigenvalue weighted by atomic mass is 9.85. The van der Waals surface area contributed by atoms with Gasteiger partial charge in [0.25, 0.3) is 0 Å². The van der Waals surface area contributed by atoms with Gasteiger partial charge in [-0.25, -0.2) is 0 Å². The van der Waals surface area contributed by atoms with Crippen molar-refractivity contribution in [2.45, 2.75) is 45.6 Å². The molecule has 15 heavy (non-hydrogen) atoms. The van der Waals surface area contributed by atoms with Gasteiger partial charge in [-0.05, 0) is 32.5 Å². The largest absolute Gasteiger partial charge is 0.320 e. The van der Waals surface area contributed by atoms with Gasteiger partial charge in [0, 0.05) is 23.9 Å². The Labute approximate surface area is 92.9 Å². The first-order valence-electron chi connectivity index (χ1n) is 5.78. The molecule has 0 aliphatic heterocycles. The fourth-order valence-electron chi connectivity index (χ4n) is 1.86. The summed E-state index contributed by atoms with van der Waals surface area (Å²) in [6, 6.07) is 2.14. The molecule has 0 aliphatic carbocycles. The molecule has 3 nitrogen and oxygen atoms in total. The van der Waals surface area contributed by atoms with E-state index < -0.39 is 0 Å². The van der Waals surface area contributed by atoms with E-state index in [2.05, 4.69) is 41.9 Å². The molecule has 0 saturated heterocycles. The van der Waals surface area contributed by atoms with E-state index in [0.717, 1.165) is 25.9 Å². The molecule has 0 fully saturated rings. The molecule has 0 aliphatic rings. The van der Waals surface area contributed by atoms with Crippen LogP contribution in [0.4, 0.5) is 0 Å². The van der Waals surface area contributed by atoms with Crippen LogP contribution in [0.2, 0.25) is 0 Å². The molecular weight excluding hydrogens is 186 g/mol. The lowest BCUT2D eigenvalue weighted by Gasteiger charge is -2.25. The molecule has 1 aromatic rings. The van der Waals surface area contributed by atoms with Crippen LogP contribution in [0.5, 0.6) is 0 Å². The Hall–Kier alpha value is -0.830. The van der Waals surface area contributed by atoms with Crippen molar-refractivity contribution in [3.8, 4) is 0 Å². The summed E-state index contributed by atoms with van der Waals surface area (Å²) >= 11 is 0. The molecule has 1 aromatic heterocycles. The first kappa shape index (κ1) is 12.2. The Morgan fingerprint density at radius 1 is 1.47 bits per heavy atom. The highest BCUT2D eigenvalue weighted by molar-refractivity contribution is 5.13. The minimum atomic E-state index is 0.203. The van der Waals surface area contributed by atoms with Gasteiger partial charge in [-0.3, -0.25) is 4.68 Å². The summed E-state index contributed by atoms with van der Waals surface area (Å²) in [5.74, 6) is 0. The van der Waals surface area contributed by atoms with E-state index in [1.165, 1.54) is 5.69 Å². The summed E-state index contributed by atoms with van der Waals surface area (Å²) in [6.45, 7) is 8.82. The fraction of sp³-hybridized carbons (Fsp3) is 0.750. The van der Waals surface area contributed by atoms with Gasteiger partial charge < -0.3 is 5.32 Å². The number of aryl methyl sites for hydroxylation is 1. The standard InChI is InChI=1S/C12H23N3/c1-5-10-15-11(6-8-14-15)12(2,3)7-9-13-4/h6,8,13H,5,7,9-10H2,1-4H3. The predicted molar refractivity (Wildman–Crippen MR) is 64.1 cm³/mol. The number of nitrogens with zero attached hydrogens (tertiary/aromatic N) is 2. The first-order valence-corrected chi connectivity index (χ1v) is 5.78. The molecule has 1 heterocycles. The van der Waals surface area contributed by atoms with Crippen LogP contribution >= 0.6 is 0 Å². The third-order valence-corrected chi connectivity index (χ3v) is 2.85. The summed E-state index contributed by atoms with van der Waals surface area (Å²) in [5, 5.41) is 7.58. The van der Waals surface area contributed by atoms with Crippen molar-refractivity contribution in [3.63, 3.8) is 0 Å². The fourth-order valence-corrected chi connectivity index (χ4v) is 1.86. The van der Waals surface area contributed by atoms with E-state index in [9.17, 15) is 0 Å². The number of hydrogen-bond acceptors (Lipinski definition) is 2. The maximum Gasteiger partial charge on any atom is 0.0492 e. The van der Waals surface area contributed by atoms with Crippen molar-refractivity contribution < 1.29 is 0 Å². The Bertz CT molecular complexity index is 289. The first-order chi connectivity index (χ1) is 7.11. The molecule has 3 heteroatoms. The topological polar surface area (TPSA) is 29.9 Å². The van der Waals surface area contributed by atoms with Crippen LogP contribution in [0.15, 0.2) is 12.3 Å². The molecular formula is C12H23N3. The molecule has 0 amide bonds. The van der Waals surface area contributed by atoms with E-state index in [-0.39, 0.29) is 5.41 Å². The van der Waals surface area contributed by atoms with Crippen molar-refractivity contribution in [2.24, 2.45) is 0 Å². The quantitative estimate of drug-likeness (QED) is 0.778. The van der Waals surface area contributed by atoms with Gasteiger partial charge in [-0.15, -0.1) is 0 Å². The summed E-state index contributed by atoms with van der Waals surface area (Å²) in [7, 11) is 2.00. The average molecular weight is 209 g/mol. The highest BCUT2D eigenvalue weighted by Gasteiger charge is 2.23. The van der Waals surface area contributed by atoms with Crippen LogP contribution < -0.4 is 5.32 Å². The molecule has 86 valence electrons. The van der Waals surface area contributed by atoms with Gasteiger partial charge in [0.15, 0.2) is 0 Å². The zero-order chi connectivity index (χ0) is 11.3. The van der Waals surface area contributed by atoms with Crippen molar-refractivity contribution in [1.82, 2.24) is 15.1 Å². The molecule has 0 saturated carbocycles. The van der Waals surface area contributed by atoms with E-state index in [4.69, 9.17) is 0 Å². The second-order valence-corrected chi connectivity index (χ2v) is 4.68. The molecule has 0 aromatic carbocycles. The zero-order valence-electron chi connectivity index (χ0n) is 10.4. The minimum absolute atomic E-state index is 0.203. The third-order valence-electron chi connectivity index (χ3n) is 2.85. The normalized spacial score (nSPS) is 12.0. The van der Waals surface area contributed by atoms with Gasteiger partial charge in [-0.1, -0.05) is 20.8 Å². The highest BCUT2D eigenvalue weighted by atomic mass is 15.3. The van der Waals surface area contributed by atoms with Crippen molar-refractivity contribution in [3.05, 3.63) is 18.0 Å². The molecule has 1 N–H and O–H groups in total. The summed E-state index contributed by atoms with van der Waals surface area (Å²) in [4.78, 5) is 0. The highest BCUT2D eigenvalue weighted by Crippen LogP contribution is 2.26. The Morgan fingerprint density at radius 2 is 2.20 bits per heavy atom. The maximum atomic E-state index is 4.38. The second-order valence-electron chi connectivity index (χ2n) is 4.68. The molecule has 0 spiro atoms.